The molecule has 0 unspecified atom stereocenters. The van der Waals surface area contributed by atoms with Crippen LogP contribution in [0.4, 0.5) is 5.82 Å². The third-order valence-electron chi connectivity index (χ3n) is 5.09. The molecule has 0 saturated carbocycles. The highest BCUT2D eigenvalue weighted by atomic mass is 16.5. The first-order chi connectivity index (χ1) is 13.6. The topological polar surface area (TPSA) is 38.2 Å². The van der Waals surface area contributed by atoms with E-state index in [1.54, 1.807) is 0 Å². The van der Waals surface area contributed by atoms with E-state index in [1.165, 1.54) is 24.8 Å². The van der Waals surface area contributed by atoms with Crippen LogP contribution >= 0.6 is 0 Å². The van der Waals surface area contributed by atoms with Gasteiger partial charge in [-0.05, 0) is 44.4 Å². The highest BCUT2D eigenvalue weighted by molar-refractivity contribution is 5.50. The lowest BCUT2D eigenvalue weighted by molar-refractivity contribution is 0.222. The number of anilines is 1. The summed E-state index contributed by atoms with van der Waals surface area (Å²) in [4.78, 5) is 12.1. The average molecular weight is 390 g/mol. The average Bonchev–Trinajstić information content (AvgIpc) is 2.70. The molecule has 1 aromatic rings. The summed E-state index contributed by atoms with van der Waals surface area (Å²) in [6.07, 6.45) is 11.9. The Balaban J connectivity index is 3.14. The van der Waals surface area contributed by atoms with Gasteiger partial charge in [0.2, 0.25) is 0 Å². The van der Waals surface area contributed by atoms with Crippen LogP contribution in [0, 0.1) is 5.92 Å². The highest BCUT2D eigenvalue weighted by Gasteiger charge is 2.19. The zero-order valence-corrected chi connectivity index (χ0v) is 19.1. The molecule has 1 aromatic heterocycles. The van der Waals surface area contributed by atoms with Gasteiger partial charge in [0.05, 0.1) is 12.3 Å². The van der Waals surface area contributed by atoms with Crippen LogP contribution in [0.2, 0.25) is 0 Å². The lowest BCUT2D eigenvalue weighted by atomic mass is 10.00. The number of hydrogen-bond acceptors (Lipinski definition) is 4. The molecule has 28 heavy (non-hydrogen) atoms. The third kappa shape index (κ3) is 7.81. The molecule has 4 nitrogen and oxygen atoms in total. The first kappa shape index (κ1) is 24.5. The maximum absolute atomic E-state index is 6.14. The van der Waals surface area contributed by atoms with Gasteiger partial charge in [-0.2, -0.15) is 9.97 Å². The summed E-state index contributed by atoms with van der Waals surface area (Å²) < 4.78 is 6.14. The van der Waals surface area contributed by atoms with Crippen LogP contribution in [-0.2, 0) is 12.8 Å². The molecule has 0 aliphatic rings. The first-order valence-electron chi connectivity index (χ1n) is 11.5. The van der Waals surface area contributed by atoms with E-state index >= 15 is 0 Å². The minimum Gasteiger partial charge on any atom is -0.463 e. The van der Waals surface area contributed by atoms with Gasteiger partial charge in [-0.15, -0.1) is 6.58 Å². The molecule has 0 aromatic carbocycles. The Hall–Kier alpha value is -1.58. The Morgan fingerprint density at radius 1 is 1.00 bits per heavy atom. The molecule has 0 aliphatic heterocycles. The van der Waals surface area contributed by atoms with Crippen LogP contribution < -0.4 is 9.64 Å². The van der Waals surface area contributed by atoms with Crippen molar-refractivity contribution >= 4 is 5.82 Å². The summed E-state index contributed by atoms with van der Waals surface area (Å²) >= 11 is 0. The molecule has 4 heteroatoms. The Morgan fingerprint density at radius 2 is 1.71 bits per heavy atom. The Labute approximate surface area is 173 Å². The second-order valence-corrected chi connectivity index (χ2v) is 7.69. The number of rotatable bonds is 16. The number of allylic oxidation sites excluding steroid dienone is 1. The second-order valence-electron chi connectivity index (χ2n) is 7.69. The number of nitrogens with zero attached hydrogens (tertiary/aromatic N) is 3. The Bertz CT molecular complexity index is 553. The molecule has 1 atom stereocenters. The van der Waals surface area contributed by atoms with Gasteiger partial charge >= 0.3 is 6.01 Å². The van der Waals surface area contributed by atoms with Gasteiger partial charge in [0, 0.05) is 18.7 Å². The molecule has 160 valence electrons. The van der Waals surface area contributed by atoms with Crippen molar-refractivity contribution < 1.29 is 4.74 Å². The van der Waals surface area contributed by atoms with Crippen LogP contribution in [0.3, 0.4) is 0 Å². The molecule has 0 fully saturated rings. The van der Waals surface area contributed by atoms with Gasteiger partial charge in [-0.3, -0.25) is 0 Å². The van der Waals surface area contributed by atoms with Gasteiger partial charge in [-0.1, -0.05) is 60.0 Å². The SMILES string of the molecule is C=CC[C@@H](CCCC)COc1nc(CC)c(CCC)c(N(CCC)CCC)n1. The predicted octanol–water partition coefficient (Wildman–Crippen LogP) is 6.38. The molecule has 0 aliphatic carbocycles. The van der Waals surface area contributed by atoms with E-state index in [1.807, 2.05) is 6.08 Å². The van der Waals surface area contributed by atoms with Crippen molar-refractivity contribution in [2.45, 2.75) is 92.4 Å². The number of unbranched alkanes of at least 4 members (excludes halogenated alkanes) is 1. The first-order valence-corrected chi connectivity index (χ1v) is 11.5. The maximum atomic E-state index is 6.14. The van der Waals surface area contributed by atoms with Crippen LogP contribution in [0.15, 0.2) is 12.7 Å². The molecule has 1 heterocycles. The summed E-state index contributed by atoms with van der Waals surface area (Å²) in [6.45, 7) is 17.7. The lowest BCUT2D eigenvalue weighted by Gasteiger charge is -2.27. The van der Waals surface area contributed by atoms with E-state index in [-0.39, 0.29) is 0 Å². The normalized spacial score (nSPS) is 12.0. The maximum Gasteiger partial charge on any atom is 0.318 e. The summed E-state index contributed by atoms with van der Waals surface area (Å²) in [5.41, 5.74) is 2.46. The third-order valence-corrected chi connectivity index (χ3v) is 5.09. The molecular formula is C24H43N3O. The quantitative estimate of drug-likeness (QED) is 0.307. The summed E-state index contributed by atoms with van der Waals surface area (Å²) in [6, 6.07) is 0.550. The van der Waals surface area contributed by atoms with E-state index in [2.05, 4.69) is 46.1 Å². The summed E-state index contributed by atoms with van der Waals surface area (Å²) in [5, 5.41) is 0. The number of aryl methyl sites for hydroxylation is 1. The molecule has 0 bridgehead atoms. The van der Waals surface area contributed by atoms with Crippen molar-refractivity contribution in [3.8, 4) is 6.01 Å². The molecule has 0 radical (unpaired) electrons. The van der Waals surface area contributed by atoms with Gasteiger partial charge in [0.15, 0.2) is 0 Å². The smallest absolute Gasteiger partial charge is 0.318 e. The van der Waals surface area contributed by atoms with Crippen LogP contribution in [-0.4, -0.2) is 29.7 Å². The van der Waals surface area contributed by atoms with Gasteiger partial charge in [-0.25, -0.2) is 0 Å². The molecule has 0 amide bonds. The Morgan fingerprint density at radius 3 is 2.25 bits per heavy atom. The molecular weight excluding hydrogens is 346 g/mol. The monoisotopic (exact) mass is 389 g/mol. The van der Waals surface area contributed by atoms with Crippen LogP contribution in [0.25, 0.3) is 0 Å². The van der Waals surface area contributed by atoms with Crippen molar-refractivity contribution in [3.05, 3.63) is 23.9 Å². The van der Waals surface area contributed by atoms with E-state index in [4.69, 9.17) is 14.7 Å². The van der Waals surface area contributed by atoms with Crippen LogP contribution in [0.5, 0.6) is 6.01 Å². The largest absolute Gasteiger partial charge is 0.463 e. The van der Waals surface area contributed by atoms with Gasteiger partial charge in [0.1, 0.15) is 5.82 Å². The van der Waals surface area contributed by atoms with E-state index < -0.39 is 0 Å². The van der Waals surface area contributed by atoms with E-state index in [0.717, 1.165) is 63.1 Å². The van der Waals surface area contributed by atoms with Crippen molar-refractivity contribution in [2.75, 3.05) is 24.6 Å². The van der Waals surface area contributed by atoms with Crippen molar-refractivity contribution in [2.24, 2.45) is 5.92 Å². The fourth-order valence-corrected chi connectivity index (χ4v) is 3.67. The van der Waals surface area contributed by atoms with Crippen LogP contribution in [0.1, 0.15) is 90.8 Å². The molecule has 1 rings (SSSR count). The zero-order chi connectivity index (χ0) is 20.8. The predicted molar refractivity (Wildman–Crippen MR) is 122 cm³/mol. The van der Waals surface area contributed by atoms with Gasteiger partial charge in [0.25, 0.3) is 0 Å². The molecule has 0 N–H and O–H groups in total. The van der Waals surface area contributed by atoms with E-state index in [9.17, 15) is 0 Å². The lowest BCUT2D eigenvalue weighted by Crippen LogP contribution is -2.28. The standard InChI is InChI=1S/C24H43N3O/c1-7-13-16-20(14-8-2)19-28-24-25-22(12-6)21(15-9-3)23(26-24)27(17-10-4)18-11-5/h8,20H,2,7,9-19H2,1,3-6H3/t20-/m0/s1. The Kier molecular flexibility index (Phi) is 12.6. The second kappa shape index (κ2) is 14.4. The van der Waals surface area contributed by atoms with Gasteiger partial charge < -0.3 is 9.64 Å². The van der Waals surface area contributed by atoms with E-state index in [0.29, 0.717) is 18.5 Å². The number of aromatic nitrogens is 2. The fraction of sp³-hybridized carbons (Fsp3) is 0.750. The fourth-order valence-electron chi connectivity index (χ4n) is 3.67. The minimum absolute atomic E-state index is 0.493. The van der Waals surface area contributed by atoms with Crippen molar-refractivity contribution in [1.29, 1.82) is 0 Å². The molecule has 0 saturated heterocycles. The zero-order valence-electron chi connectivity index (χ0n) is 19.1. The van der Waals surface area contributed by atoms with Crippen molar-refractivity contribution in [3.63, 3.8) is 0 Å². The summed E-state index contributed by atoms with van der Waals surface area (Å²) in [7, 11) is 0. The summed E-state index contributed by atoms with van der Waals surface area (Å²) in [5.74, 6) is 1.59. The minimum atomic E-state index is 0.493. The molecule has 0 spiro atoms. The highest BCUT2D eigenvalue weighted by Crippen LogP contribution is 2.27. The number of ether oxygens (including phenoxy) is 1. The van der Waals surface area contributed by atoms with Crippen molar-refractivity contribution in [1.82, 2.24) is 9.97 Å². The number of hydrogen-bond donors (Lipinski definition) is 0.